The van der Waals surface area contributed by atoms with Gasteiger partial charge in [-0.15, -0.1) is 0 Å². The number of nitrogens with zero attached hydrogens (tertiary/aromatic N) is 3. The van der Waals surface area contributed by atoms with Gasteiger partial charge in [0.05, 0.1) is 31.2 Å². The first-order valence-electron chi connectivity index (χ1n) is 14.8. The third-order valence-corrected chi connectivity index (χ3v) is 9.62. The molecular formula is C32H41N3O7S. The number of ether oxygens (including phenoxy) is 3. The quantitative estimate of drug-likeness (QED) is 0.276. The highest BCUT2D eigenvalue weighted by molar-refractivity contribution is 7.87. The number of aromatic nitrogens is 2. The van der Waals surface area contributed by atoms with Crippen LogP contribution in [0.1, 0.15) is 81.8 Å². The lowest BCUT2D eigenvalue weighted by molar-refractivity contribution is 0.135. The normalized spacial score (nSPS) is 18.6. The van der Waals surface area contributed by atoms with Gasteiger partial charge in [0.25, 0.3) is 0 Å². The Kier molecular flexibility index (Phi) is 8.59. The van der Waals surface area contributed by atoms with Crippen LogP contribution in [0.25, 0.3) is 10.9 Å². The fraction of sp³-hybridized carbons (Fsp3) is 0.531. The molecule has 1 aromatic heterocycles. The number of likely N-dealkylation sites (tertiary alicyclic amines) is 1. The molecule has 43 heavy (non-hydrogen) atoms. The van der Waals surface area contributed by atoms with Crippen LogP contribution in [0, 0.1) is 18.8 Å². The van der Waals surface area contributed by atoms with E-state index in [4.69, 9.17) is 18.4 Å². The summed E-state index contributed by atoms with van der Waals surface area (Å²) in [5, 5.41) is 0.278. The number of hydrogen-bond acceptors (Lipinski definition) is 9. The Morgan fingerprint density at radius 1 is 0.907 bits per heavy atom. The number of rotatable bonds is 8. The molecule has 1 amide bonds. The third-order valence-electron chi connectivity index (χ3n) is 8.27. The Bertz CT molecular complexity index is 1610. The van der Waals surface area contributed by atoms with Crippen molar-refractivity contribution >= 4 is 27.1 Å². The van der Waals surface area contributed by atoms with E-state index in [1.54, 1.807) is 17.9 Å². The van der Waals surface area contributed by atoms with Gasteiger partial charge in [0, 0.05) is 31.0 Å². The van der Waals surface area contributed by atoms with E-state index in [1.165, 1.54) is 13.2 Å². The summed E-state index contributed by atoms with van der Waals surface area (Å²) in [7, 11) is -2.87. The Hall–Kier alpha value is -3.44. The second kappa shape index (κ2) is 11.9. The predicted molar refractivity (Wildman–Crippen MR) is 163 cm³/mol. The zero-order valence-corrected chi connectivity index (χ0v) is 26.9. The molecule has 0 saturated carbocycles. The van der Waals surface area contributed by atoms with Crippen LogP contribution in [0.2, 0.25) is 0 Å². The van der Waals surface area contributed by atoms with E-state index in [0.717, 1.165) is 5.56 Å². The second-order valence-corrected chi connectivity index (χ2v) is 13.9. The van der Waals surface area contributed by atoms with Gasteiger partial charge in [-0.25, -0.2) is 9.78 Å². The van der Waals surface area contributed by atoms with Crippen LogP contribution in [0.3, 0.4) is 0 Å². The van der Waals surface area contributed by atoms with E-state index in [1.807, 2.05) is 39.8 Å². The Morgan fingerprint density at radius 3 is 2.05 bits per heavy atom. The van der Waals surface area contributed by atoms with Gasteiger partial charge in [-0.3, -0.25) is 0 Å². The molecule has 2 atom stereocenters. The number of benzene rings is 2. The minimum Gasteiger partial charge on any atom is -0.493 e. The first-order valence-corrected chi connectivity index (χ1v) is 16.2. The first-order chi connectivity index (χ1) is 20.3. The van der Waals surface area contributed by atoms with Crippen molar-refractivity contribution in [3.8, 4) is 17.4 Å². The van der Waals surface area contributed by atoms with Gasteiger partial charge in [0.1, 0.15) is 10.7 Å². The molecule has 2 aliphatic rings. The van der Waals surface area contributed by atoms with Crippen LogP contribution in [-0.2, 0) is 14.9 Å². The van der Waals surface area contributed by atoms with Crippen LogP contribution in [0.15, 0.2) is 29.2 Å². The van der Waals surface area contributed by atoms with Crippen LogP contribution < -0.4 is 13.7 Å². The molecule has 0 radical (unpaired) electrons. The van der Waals surface area contributed by atoms with Crippen molar-refractivity contribution in [1.82, 2.24) is 14.9 Å². The van der Waals surface area contributed by atoms with Crippen molar-refractivity contribution in [3.05, 3.63) is 46.8 Å². The lowest BCUT2D eigenvalue weighted by Crippen LogP contribution is -2.32. The largest absolute Gasteiger partial charge is 0.493 e. The van der Waals surface area contributed by atoms with E-state index >= 15 is 0 Å². The van der Waals surface area contributed by atoms with Crippen molar-refractivity contribution in [2.75, 3.05) is 33.4 Å². The highest BCUT2D eigenvalue weighted by atomic mass is 32.2. The Morgan fingerprint density at radius 2 is 1.51 bits per heavy atom. The summed E-state index contributed by atoms with van der Waals surface area (Å²) in [6, 6.07) is 7.02. The molecule has 3 heterocycles. The maximum Gasteiger partial charge on any atom is 0.415 e. The summed E-state index contributed by atoms with van der Waals surface area (Å²) in [5.41, 5.74) is 2.86. The molecule has 5 rings (SSSR count). The highest BCUT2D eigenvalue weighted by Crippen LogP contribution is 2.40. The zero-order chi connectivity index (χ0) is 31.2. The van der Waals surface area contributed by atoms with E-state index in [0.29, 0.717) is 60.6 Å². The molecule has 0 aliphatic carbocycles. The number of amides is 1. The fourth-order valence-electron chi connectivity index (χ4n) is 5.84. The molecule has 2 aliphatic heterocycles. The summed E-state index contributed by atoms with van der Waals surface area (Å²) in [6.45, 7) is 16.1. The van der Waals surface area contributed by atoms with Crippen molar-refractivity contribution in [3.63, 3.8) is 0 Å². The van der Waals surface area contributed by atoms with E-state index in [9.17, 15) is 13.2 Å². The molecule has 2 unspecified atom stereocenters. The minimum absolute atomic E-state index is 0.0691. The van der Waals surface area contributed by atoms with Crippen LogP contribution >= 0.6 is 0 Å². The first kappa shape index (κ1) is 31.0. The molecule has 0 bridgehead atoms. The average Bonchev–Trinajstić information content (AvgIpc) is 3.55. The van der Waals surface area contributed by atoms with E-state index in [-0.39, 0.29) is 45.4 Å². The monoisotopic (exact) mass is 611 g/mol. The summed E-state index contributed by atoms with van der Waals surface area (Å²) in [6.07, 6.45) is -0.511. The standard InChI is InChI=1S/C32H41N3O7S/c1-17(2)21-9-24(18(3)4)30(25(10-21)19(5)6)43(37,38)42-31-26-11-29(28(39-8)12-27(26)33-20(7)34-31)41-32(36)35-13-22-15-40-16-23(22)14-35/h9-12,17-19,22-23H,13-16H2,1-8H3. The predicted octanol–water partition coefficient (Wildman–Crippen LogP) is 6.16. The zero-order valence-electron chi connectivity index (χ0n) is 26.1. The topological polar surface area (TPSA) is 117 Å². The molecule has 2 fully saturated rings. The average molecular weight is 612 g/mol. The highest BCUT2D eigenvalue weighted by Gasteiger charge is 2.40. The van der Waals surface area contributed by atoms with E-state index in [2.05, 4.69) is 23.8 Å². The molecule has 0 N–H and O–H groups in total. The summed E-state index contributed by atoms with van der Waals surface area (Å²) in [5.74, 6) is 1.26. The van der Waals surface area contributed by atoms with Gasteiger partial charge in [0.2, 0.25) is 5.88 Å². The van der Waals surface area contributed by atoms with Crippen LogP contribution in [-0.4, -0.2) is 62.8 Å². The minimum atomic E-state index is -4.34. The van der Waals surface area contributed by atoms with Gasteiger partial charge in [-0.2, -0.15) is 13.4 Å². The number of carbonyl (C=O) groups is 1. The van der Waals surface area contributed by atoms with Crippen molar-refractivity contribution in [1.29, 1.82) is 0 Å². The van der Waals surface area contributed by atoms with Crippen LogP contribution in [0.4, 0.5) is 4.79 Å². The number of aryl methyl sites for hydroxylation is 1. The lowest BCUT2D eigenvalue weighted by Gasteiger charge is -2.22. The fourth-order valence-corrected chi connectivity index (χ4v) is 7.43. The molecule has 11 heteroatoms. The smallest absolute Gasteiger partial charge is 0.415 e. The SMILES string of the molecule is COc1cc2nc(C)nc(OS(=O)(=O)c3c(C(C)C)cc(C(C)C)cc3C(C)C)c2cc1OC(=O)N1CC2COCC2C1. The van der Waals surface area contributed by atoms with Crippen molar-refractivity contribution < 1.29 is 31.6 Å². The molecule has 0 spiro atoms. The Balaban J connectivity index is 1.56. The molecular weight excluding hydrogens is 570 g/mol. The summed E-state index contributed by atoms with van der Waals surface area (Å²) in [4.78, 5) is 23.8. The molecule has 10 nitrogen and oxygen atoms in total. The second-order valence-electron chi connectivity index (χ2n) is 12.5. The van der Waals surface area contributed by atoms with Crippen molar-refractivity contribution in [2.45, 2.75) is 71.1 Å². The van der Waals surface area contributed by atoms with Gasteiger partial charge in [-0.05, 0) is 47.4 Å². The lowest BCUT2D eigenvalue weighted by atomic mass is 9.89. The number of methoxy groups -OCH3 is 1. The number of carbonyl (C=O) groups excluding carboxylic acids is 1. The van der Waals surface area contributed by atoms with Gasteiger partial charge >= 0.3 is 16.2 Å². The molecule has 232 valence electrons. The maximum atomic E-state index is 14.1. The molecule has 2 aromatic carbocycles. The van der Waals surface area contributed by atoms with Crippen LogP contribution in [0.5, 0.6) is 17.4 Å². The maximum absolute atomic E-state index is 14.1. The van der Waals surface area contributed by atoms with Gasteiger partial charge in [-0.1, -0.05) is 53.7 Å². The third kappa shape index (κ3) is 6.15. The number of fused-ring (bicyclic) bond motifs is 2. The Labute approximate surface area is 253 Å². The van der Waals surface area contributed by atoms with Gasteiger partial charge < -0.3 is 23.3 Å². The van der Waals surface area contributed by atoms with Gasteiger partial charge in [0.15, 0.2) is 11.5 Å². The summed E-state index contributed by atoms with van der Waals surface area (Å²) < 4.78 is 51.0. The summed E-state index contributed by atoms with van der Waals surface area (Å²) >= 11 is 0. The molecule has 2 saturated heterocycles. The van der Waals surface area contributed by atoms with Crippen molar-refractivity contribution in [2.24, 2.45) is 11.8 Å². The number of hydrogen-bond donors (Lipinski definition) is 0. The van der Waals surface area contributed by atoms with E-state index < -0.39 is 16.2 Å². The molecule has 3 aromatic rings.